The molecule has 2 aromatic carbocycles. The number of carboxylic acid groups (broad SMARTS) is 1. The number of thiophene rings is 1. The van der Waals surface area contributed by atoms with Crippen molar-refractivity contribution in [1.29, 1.82) is 0 Å². The Kier molecular flexibility index (Phi) is 5.51. The zero-order valence-corrected chi connectivity index (χ0v) is 15.1. The van der Waals surface area contributed by atoms with E-state index < -0.39 is 22.9 Å². The minimum Gasteiger partial charge on any atom is -0.478 e. The fourth-order valence-corrected chi connectivity index (χ4v) is 3.59. The molecule has 0 saturated carbocycles. The van der Waals surface area contributed by atoms with Crippen LogP contribution in [-0.4, -0.2) is 17.0 Å². The van der Waals surface area contributed by atoms with Crippen molar-refractivity contribution in [3.63, 3.8) is 0 Å². The van der Waals surface area contributed by atoms with E-state index in [1.54, 1.807) is 36.4 Å². The Hall–Kier alpha value is -3.13. The van der Waals surface area contributed by atoms with Gasteiger partial charge < -0.3 is 10.4 Å². The Morgan fingerprint density at radius 2 is 1.71 bits per heavy atom. The second-order valence-corrected chi connectivity index (χ2v) is 6.96. The number of carboxylic acids is 1. The molecule has 0 aliphatic carbocycles. The molecule has 1 heterocycles. The van der Waals surface area contributed by atoms with E-state index in [-0.39, 0.29) is 22.5 Å². The number of alkyl halides is 3. The molecule has 2 N–H and O–H groups in total. The van der Waals surface area contributed by atoms with E-state index in [2.05, 4.69) is 5.32 Å². The molecular formula is C20H14F3NO3S. The molecule has 0 bridgehead atoms. The van der Waals surface area contributed by atoms with Crippen molar-refractivity contribution in [2.45, 2.75) is 12.7 Å². The van der Waals surface area contributed by atoms with Gasteiger partial charge in [0.05, 0.1) is 10.4 Å². The largest absolute Gasteiger partial charge is 0.478 e. The maximum absolute atomic E-state index is 13.4. The summed E-state index contributed by atoms with van der Waals surface area (Å²) in [6.07, 6.45) is -4.58. The van der Waals surface area contributed by atoms with Crippen LogP contribution in [0.25, 0.3) is 11.1 Å². The highest BCUT2D eigenvalue weighted by molar-refractivity contribution is 7.14. The van der Waals surface area contributed by atoms with Gasteiger partial charge in [-0.15, -0.1) is 11.3 Å². The summed E-state index contributed by atoms with van der Waals surface area (Å²) in [5, 5.41) is 11.5. The summed E-state index contributed by atoms with van der Waals surface area (Å²) < 4.78 is 40.2. The van der Waals surface area contributed by atoms with Gasteiger partial charge in [0.2, 0.25) is 0 Å². The summed E-state index contributed by atoms with van der Waals surface area (Å²) in [6, 6.07) is 15.2. The van der Waals surface area contributed by atoms with Gasteiger partial charge in [0.1, 0.15) is 4.88 Å². The third-order valence-corrected chi connectivity index (χ3v) is 5.10. The molecular weight excluding hydrogens is 391 g/mol. The van der Waals surface area contributed by atoms with Crippen molar-refractivity contribution < 1.29 is 27.9 Å². The number of carbonyl (C=O) groups is 2. The van der Waals surface area contributed by atoms with Gasteiger partial charge in [-0.2, -0.15) is 13.2 Å². The van der Waals surface area contributed by atoms with Gasteiger partial charge in [-0.1, -0.05) is 42.5 Å². The van der Waals surface area contributed by atoms with Crippen LogP contribution in [0.5, 0.6) is 0 Å². The van der Waals surface area contributed by atoms with Crippen LogP contribution in [0.4, 0.5) is 13.2 Å². The summed E-state index contributed by atoms with van der Waals surface area (Å²) in [5.41, 5.74) is 0.924. The van der Waals surface area contributed by atoms with Gasteiger partial charge in [-0.3, -0.25) is 4.79 Å². The second-order valence-electron chi connectivity index (χ2n) is 5.91. The SMILES string of the molecule is O=C(O)c1cccc(CNC(=O)c2cc(-c3ccccc3)c(C(F)(F)F)s2)c1. The summed E-state index contributed by atoms with van der Waals surface area (Å²) in [5.74, 6) is -1.76. The van der Waals surface area contributed by atoms with Gasteiger partial charge in [0.25, 0.3) is 5.91 Å². The van der Waals surface area contributed by atoms with Crippen LogP contribution >= 0.6 is 11.3 Å². The van der Waals surface area contributed by atoms with Crippen molar-refractivity contribution in [2.24, 2.45) is 0 Å². The molecule has 4 nitrogen and oxygen atoms in total. The van der Waals surface area contributed by atoms with Crippen molar-refractivity contribution in [3.05, 3.63) is 81.5 Å². The highest BCUT2D eigenvalue weighted by Gasteiger charge is 2.37. The first-order valence-corrected chi connectivity index (χ1v) is 8.94. The predicted molar refractivity (Wildman–Crippen MR) is 99.3 cm³/mol. The van der Waals surface area contributed by atoms with E-state index in [4.69, 9.17) is 5.11 Å². The topological polar surface area (TPSA) is 66.4 Å². The third-order valence-electron chi connectivity index (χ3n) is 3.93. The van der Waals surface area contributed by atoms with Crippen LogP contribution in [0, 0.1) is 0 Å². The van der Waals surface area contributed by atoms with Gasteiger partial charge in [0, 0.05) is 12.1 Å². The molecule has 144 valence electrons. The fourth-order valence-electron chi connectivity index (χ4n) is 2.63. The summed E-state index contributed by atoms with van der Waals surface area (Å²) in [7, 11) is 0. The van der Waals surface area contributed by atoms with Crippen LogP contribution in [0.15, 0.2) is 60.7 Å². The number of hydrogen-bond donors (Lipinski definition) is 2. The molecule has 3 rings (SSSR count). The van der Waals surface area contributed by atoms with Crippen molar-refractivity contribution in [2.75, 3.05) is 0 Å². The van der Waals surface area contributed by atoms with Gasteiger partial charge in [-0.05, 0) is 29.3 Å². The lowest BCUT2D eigenvalue weighted by Gasteiger charge is -2.07. The Labute approximate surface area is 162 Å². The highest BCUT2D eigenvalue weighted by atomic mass is 32.1. The molecule has 0 atom stereocenters. The Morgan fingerprint density at radius 1 is 1.00 bits per heavy atom. The molecule has 0 saturated heterocycles. The minimum atomic E-state index is -4.58. The molecule has 1 aromatic heterocycles. The van der Waals surface area contributed by atoms with Crippen molar-refractivity contribution in [1.82, 2.24) is 5.32 Å². The van der Waals surface area contributed by atoms with E-state index >= 15 is 0 Å². The smallest absolute Gasteiger partial charge is 0.426 e. The molecule has 0 aliphatic heterocycles. The van der Waals surface area contributed by atoms with Gasteiger partial charge in [0.15, 0.2) is 0 Å². The predicted octanol–water partition coefficient (Wildman–Crippen LogP) is 5.06. The zero-order chi connectivity index (χ0) is 20.3. The quantitative estimate of drug-likeness (QED) is 0.623. The molecule has 0 radical (unpaired) electrons. The third kappa shape index (κ3) is 4.40. The Balaban J connectivity index is 1.83. The lowest BCUT2D eigenvalue weighted by Crippen LogP contribution is -2.22. The molecule has 0 aliphatic rings. The molecule has 1 amide bonds. The number of carbonyl (C=O) groups excluding carboxylic acids is 1. The first-order valence-electron chi connectivity index (χ1n) is 8.12. The van der Waals surface area contributed by atoms with Crippen LogP contribution in [0.2, 0.25) is 0 Å². The van der Waals surface area contributed by atoms with Crippen LogP contribution in [-0.2, 0) is 12.7 Å². The number of aromatic carboxylic acids is 1. The fraction of sp³-hybridized carbons (Fsp3) is 0.100. The molecule has 0 fully saturated rings. The van der Waals surface area contributed by atoms with E-state index in [1.165, 1.54) is 24.3 Å². The Bertz CT molecular complexity index is 1010. The zero-order valence-electron chi connectivity index (χ0n) is 14.3. The van der Waals surface area contributed by atoms with E-state index in [9.17, 15) is 22.8 Å². The number of hydrogen-bond acceptors (Lipinski definition) is 3. The van der Waals surface area contributed by atoms with E-state index in [0.29, 0.717) is 22.5 Å². The van der Waals surface area contributed by atoms with Crippen LogP contribution < -0.4 is 5.32 Å². The molecule has 3 aromatic rings. The molecule has 8 heteroatoms. The van der Waals surface area contributed by atoms with Crippen molar-refractivity contribution in [3.8, 4) is 11.1 Å². The summed E-state index contributed by atoms with van der Waals surface area (Å²) in [6.45, 7) is -0.000124. The summed E-state index contributed by atoms with van der Waals surface area (Å²) in [4.78, 5) is 22.5. The molecule has 0 spiro atoms. The monoisotopic (exact) mass is 405 g/mol. The number of halogens is 3. The number of benzene rings is 2. The lowest BCUT2D eigenvalue weighted by molar-refractivity contribution is -0.133. The number of rotatable bonds is 5. The number of amides is 1. The first kappa shape index (κ1) is 19.6. The highest BCUT2D eigenvalue weighted by Crippen LogP contribution is 2.42. The van der Waals surface area contributed by atoms with E-state index in [1.807, 2.05) is 0 Å². The average Bonchev–Trinajstić information content (AvgIpc) is 3.13. The second kappa shape index (κ2) is 7.85. The van der Waals surface area contributed by atoms with Crippen molar-refractivity contribution >= 4 is 23.2 Å². The van der Waals surface area contributed by atoms with Gasteiger partial charge >= 0.3 is 12.1 Å². The molecule has 28 heavy (non-hydrogen) atoms. The standard InChI is InChI=1S/C20H14F3NO3S/c21-20(22,23)17-15(13-6-2-1-3-7-13)10-16(28-17)18(25)24-11-12-5-4-8-14(9-12)19(26)27/h1-10H,11H2,(H,24,25)(H,26,27). The molecule has 0 unspecified atom stereocenters. The maximum Gasteiger partial charge on any atom is 0.426 e. The number of nitrogens with one attached hydrogen (secondary N) is 1. The van der Waals surface area contributed by atoms with Crippen LogP contribution in [0.3, 0.4) is 0 Å². The normalized spacial score (nSPS) is 11.2. The minimum absolute atomic E-state index is 0.000124. The summed E-state index contributed by atoms with van der Waals surface area (Å²) >= 11 is 0.381. The first-order chi connectivity index (χ1) is 13.3. The Morgan fingerprint density at radius 3 is 2.36 bits per heavy atom. The van der Waals surface area contributed by atoms with E-state index in [0.717, 1.165) is 0 Å². The lowest BCUT2D eigenvalue weighted by atomic mass is 10.1. The average molecular weight is 405 g/mol. The van der Waals surface area contributed by atoms with Crippen LogP contribution in [0.1, 0.15) is 30.5 Å². The maximum atomic E-state index is 13.4. The van der Waals surface area contributed by atoms with Gasteiger partial charge in [-0.25, -0.2) is 4.79 Å².